The van der Waals surface area contributed by atoms with E-state index in [1.54, 1.807) is 24.1 Å². The van der Waals surface area contributed by atoms with Crippen LogP contribution in [0.4, 0.5) is 20.6 Å². The van der Waals surface area contributed by atoms with Crippen LogP contribution in [0.15, 0.2) is 64.5 Å². The summed E-state index contributed by atoms with van der Waals surface area (Å²) in [6.07, 6.45) is 0. The van der Waals surface area contributed by atoms with Gasteiger partial charge in [0.1, 0.15) is 16.6 Å². The lowest BCUT2D eigenvalue weighted by Gasteiger charge is -2.31. The van der Waals surface area contributed by atoms with Crippen LogP contribution in [0, 0.1) is 12.7 Å². The molecular formula is C21H18FN3O2S. The van der Waals surface area contributed by atoms with Crippen LogP contribution in [0.3, 0.4) is 0 Å². The average Bonchev–Trinajstić information content (AvgIpc) is 2.70. The van der Waals surface area contributed by atoms with Crippen molar-refractivity contribution in [3.05, 3.63) is 71.7 Å². The Hall–Kier alpha value is -3.06. The summed E-state index contributed by atoms with van der Waals surface area (Å²) in [4.78, 5) is 19.9. The third-order valence-corrected chi connectivity index (χ3v) is 5.40. The third-order valence-electron chi connectivity index (χ3n) is 4.46. The number of rotatable bonds is 4. The van der Waals surface area contributed by atoms with Gasteiger partial charge in [-0.2, -0.15) is 0 Å². The second-order valence-electron chi connectivity index (χ2n) is 6.29. The average molecular weight is 395 g/mol. The number of carbonyl (C=O) groups excluding carboxylic acids is 1. The molecule has 0 fully saturated rings. The second kappa shape index (κ2) is 7.52. The number of urea groups is 1. The van der Waals surface area contributed by atoms with Gasteiger partial charge in [0.2, 0.25) is 0 Å². The summed E-state index contributed by atoms with van der Waals surface area (Å²) in [5.41, 5.74) is 3.10. The predicted octanol–water partition coefficient (Wildman–Crippen LogP) is 5.05. The van der Waals surface area contributed by atoms with Crippen LogP contribution in [0.2, 0.25) is 0 Å². The van der Waals surface area contributed by atoms with Gasteiger partial charge >= 0.3 is 6.03 Å². The summed E-state index contributed by atoms with van der Waals surface area (Å²) in [7, 11) is 1.59. The fourth-order valence-corrected chi connectivity index (χ4v) is 3.95. The molecule has 0 unspecified atom stereocenters. The Bertz CT molecular complexity index is 1040. The van der Waals surface area contributed by atoms with E-state index < -0.39 is 0 Å². The van der Waals surface area contributed by atoms with Gasteiger partial charge in [-0.25, -0.2) is 14.2 Å². The number of anilines is 2. The number of benzene rings is 2. The maximum absolute atomic E-state index is 13.1. The first kappa shape index (κ1) is 18.3. The topological polar surface area (TPSA) is 54.5 Å². The second-order valence-corrected chi connectivity index (χ2v) is 7.38. The number of hydrogen-bond acceptors (Lipinski definition) is 4. The van der Waals surface area contributed by atoms with Crippen molar-refractivity contribution in [2.45, 2.75) is 23.4 Å². The van der Waals surface area contributed by atoms with E-state index >= 15 is 0 Å². The van der Waals surface area contributed by atoms with Crippen molar-refractivity contribution in [1.29, 1.82) is 0 Å². The molecule has 4 rings (SSSR count). The van der Waals surface area contributed by atoms with E-state index in [1.807, 2.05) is 37.3 Å². The predicted molar refractivity (Wildman–Crippen MR) is 107 cm³/mol. The number of para-hydroxylation sites is 1. The lowest BCUT2D eigenvalue weighted by molar-refractivity contribution is 0.246. The van der Waals surface area contributed by atoms with E-state index in [4.69, 9.17) is 9.72 Å². The first-order valence-electron chi connectivity index (χ1n) is 8.71. The summed E-state index contributed by atoms with van der Waals surface area (Å²) in [5, 5.41) is 3.65. The fourth-order valence-electron chi connectivity index (χ4n) is 3.14. The number of hydrogen-bond donors (Lipinski definition) is 1. The number of pyridine rings is 1. The number of aromatic nitrogens is 1. The van der Waals surface area contributed by atoms with Gasteiger partial charge in [0, 0.05) is 4.90 Å². The molecule has 0 radical (unpaired) electrons. The number of carbonyl (C=O) groups is 1. The number of nitrogens with zero attached hydrogens (tertiary/aromatic N) is 2. The number of aryl methyl sites for hydroxylation is 1. The van der Waals surface area contributed by atoms with Crippen molar-refractivity contribution in [1.82, 2.24) is 10.3 Å². The van der Waals surface area contributed by atoms with Crippen LogP contribution in [0.1, 0.15) is 11.3 Å². The van der Waals surface area contributed by atoms with Gasteiger partial charge < -0.3 is 10.1 Å². The monoisotopic (exact) mass is 395 g/mol. The summed E-state index contributed by atoms with van der Waals surface area (Å²) >= 11 is 1.44. The number of halogens is 1. The molecule has 5 nitrogen and oxygen atoms in total. The molecule has 2 amide bonds. The highest BCUT2D eigenvalue weighted by atomic mass is 32.2. The van der Waals surface area contributed by atoms with Gasteiger partial charge in [0.15, 0.2) is 0 Å². The Kier molecular flexibility index (Phi) is 4.92. The van der Waals surface area contributed by atoms with E-state index in [9.17, 15) is 9.18 Å². The lowest BCUT2D eigenvalue weighted by Crippen LogP contribution is -2.42. The molecule has 0 spiro atoms. The van der Waals surface area contributed by atoms with Gasteiger partial charge in [-0.3, -0.25) is 4.90 Å². The molecule has 0 atom stereocenters. The van der Waals surface area contributed by atoms with E-state index in [0.717, 1.165) is 26.9 Å². The Morgan fingerprint density at radius 1 is 1.14 bits per heavy atom. The molecule has 3 aromatic rings. The lowest BCUT2D eigenvalue weighted by atomic mass is 10.1. The third kappa shape index (κ3) is 3.41. The summed E-state index contributed by atoms with van der Waals surface area (Å²) in [5.74, 6) is 0.348. The quantitative estimate of drug-likeness (QED) is 0.672. The Morgan fingerprint density at radius 3 is 2.68 bits per heavy atom. The molecule has 1 aliphatic heterocycles. The standard InChI is InChI=1S/C21H18FN3O2S/c1-13-4-3-5-18(27-2)20(13)25-17-10-11-19(24-16(17)12-23-21(25)26)28-15-8-6-14(22)7-9-15/h3-11H,12H2,1-2H3,(H,23,26). The van der Waals surface area contributed by atoms with E-state index in [-0.39, 0.29) is 11.8 Å². The zero-order chi connectivity index (χ0) is 19.7. The number of fused-ring (bicyclic) bond motifs is 1. The molecule has 28 heavy (non-hydrogen) atoms. The van der Waals surface area contributed by atoms with Crippen molar-refractivity contribution >= 4 is 29.2 Å². The van der Waals surface area contributed by atoms with Crippen LogP contribution in [-0.2, 0) is 6.54 Å². The van der Waals surface area contributed by atoms with Gasteiger partial charge in [-0.1, -0.05) is 23.9 Å². The van der Waals surface area contributed by atoms with E-state index in [1.165, 1.54) is 23.9 Å². The van der Waals surface area contributed by atoms with Crippen LogP contribution < -0.4 is 15.0 Å². The van der Waals surface area contributed by atoms with E-state index in [2.05, 4.69) is 5.32 Å². The zero-order valence-corrected chi connectivity index (χ0v) is 16.2. The van der Waals surface area contributed by atoms with Crippen LogP contribution in [0.5, 0.6) is 5.75 Å². The van der Waals surface area contributed by atoms with Crippen LogP contribution >= 0.6 is 11.8 Å². The number of nitrogens with one attached hydrogen (secondary N) is 1. The minimum atomic E-state index is -0.270. The highest BCUT2D eigenvalue weighted by Crippen LogP contribution is 2.40. The molecule has 7 heteroatoms. The fraction of sp³-hybridized carbons (Fsp3) is 0.143. The number of ether oxygens (including phenoxy) is 1. The summed E-state index contributed by atoms with van der Waals surface area (Å²) < 4.78 is 18.6. The minimum Gasteiger partial charge on any atom is -0.495 e. The number of methoxy groups -OCH3 is 1. The Morgan fingerprint density at radius 2 is 1.93 bits per heavy atom. The SMILES string of the molecule is COc1cccc(C)c1N1C(=O)NCc2nc(Sc3ccc(F)cc3)ccc21. The molecule has 0 saturated heterocycles. The minimum absolute atomic E-state index is 0.221. The molecule has 0 saturated carbocycles. The van der Waals surface area contributed by atoms with Crippen LogP contribution in [0.25, 0.3) is 0 Å². The van der Waals surface area contributed by atoms with Crippen molar-refractivity contribution in [3.8, 4) is 5.75 Å². The maximum atomic E-state index is 13.1. The molecule has 1 aliphatic rings. The zero-order valence-electron chi connectivity index (χ0n) is 15.4. The summed E-state index contributed by atoms with van der Waals surface area (Å²) in [6.45, 7) is 2.28. The Balaban J connectivity index is 1.72. The molecule has 142 valence electrons. The van der Waals surface area contributed by atoms with Gasteiger partial charge in [-0.15, -0.1) is 0 Å². The molecule has 2 heterocycles. The largest absolute Gasteiger partial charge is 0.495 e. The van der Waals surface area contributed by atoms with Gasteiger partial charge in [0.05, 0.1) is 30.7 Å². The van der Waals surface area contributed by atoms with Crippen LogP contribution in [-0.4, -0.2) is 18.1 Å². The Labute approximate surface area is 166 Å². The molecule has 0 bridgehead atoms. The molecule has 1 aromatic heterocycles. The summed E-state index contributed by atoms with van der Waals surface area (Å²) in [6, 6.07) is 15.5. The molecular weight excluding hydrogens is 377 g/mol. The normalized spacial score (nSPS) is 13.1. The first-order chi connectivity index (χ1) is 13.6. The first-order valence-corrected chi connectivity index (χ1v) is 9.53. The van der Waals surface area contributed by atoms with Crippen molar-refractivity contribution in [2.24, 2.45) is 0 Å². The number of amides is 2. The van der Waals surface area contributed by atoms with Crippen molar-refractivity contribution < 1.29 is 13.9 Å². The highest BCUT2D eigenvalue weighted by Gasteiger charge is 2.29. The maximum Gasteiger partial charge on any atom is 0.327 e. The van der Waals surface area contributed by atoms with Gasteiger partial charge in [-0.05, 0) is 55.0 Å². The highest BCUT2D eigenvalue weighted by molar-refractivity contribution is 7.99. The van der Waals surface area contributed by atoms with Crippen molar-refractivity contribution in [3.63, 3.8) is 0 Å². The van der Waals surface area contributed by atoms with Gasteiger partial charge in [0.25, 0.3) is 0 Å². The molecule has 0 aliphatic carbocycles. The smallest absolute Gasteiger partial charge is 0.327 e. The van der Waals surface area contributed by atoms with E-state index in [0.29, 0.717) is 18.0 Å². The molecule has 2 aromatic carbocycles. The van der Waals surface area contributed by atoms with Crippen molar-refractivity contribution in [2.75, 3.05) is 12.0 Å². The molecule has 1 N–H and O–H groups in total.